The van der Waals surface area contributed by atoms with E-state index in [-0.39, 0.29) is 0 Å². The number of oxazole rings is 1. The van der Waals surface area contributed by atoms with Gasteiger partial charge in [-0.3, -0.25) is 4.68 Å². The molecule has 0 saturated carbocycles. The maximum atomic E-state index is 5.75. The highest BCUT2D eigenvalue weighted by Gasteiger charge is 2.10. The number of hydrogen-bond donors (Lipinski definition) is 1. The van der Waals surface area contributed by atoms with Crippen LogP contribution in [0.15, 0.2) is 28.7 Å². The fraction of sp³-hybridized carbons (Fsp3) is 0.333. The minimum Gasteiger partial charge on any atom is -0.439 e. The van der Waals surface area contributed by atoms with E-state index in [9.17, 15) is 0 Å². The summed E-state index contributed by atoms with van der Waals surface area (Å²) in [5.74, 6) is 0.658. The fourth-order valence-electron chi connectivity index (χ4n) is 2.29. The number of fused-ring (bicyclic) bond motifs is 1. The van der Waals surface area contributed by atoms with Gasteiger partial charge in [0.25, 0.3) is 0 Å². The van der Waals surface area contributed by atoms with Crippen LogP contribution in [0.4, 0.5) is 5.69 Å². The van der Waals surface area contributed by atoms with Crippen molar-refractivity contribution in [1.82, 2.24) is 14.8 Å². The first-order chi connectivity index (χ1) is 9.69. The molecule has 0 bridgehead atoms. The van der Waals surface area contributed by atoms with Gasteiger partial charge >= 0.3 is 0 Å². The van der Waals surface area contributed by atoms with Crippen molar-refractivity contribution < 1.29 is 4.42 Å². The molecule has 3 aromatic rings. The number of anilines is 1. The van der Waals surface area contributed by atoms with E-state index in [1.807, 2.05) is 16.8 Å². The second-order valence-corrected chi connectivity index (χ2v) is 4.83. The van der Waals surface area contributed by atoms with E-state index in [2.05, 4.69) is 30.0 Å². The molecule has 0 atom stereocenters. The number of aryl methyl sites for hydroxylation is 2. The summed E-state index contributed by atoms with van der Waals surface area (Å²) in [5.41, 5.74) is 10.3. The molecule has 1 aromatic carbocycles. The smallest absolute Gasteiger partial charge is 0.217 e. The van der Waals surface area contributed by atoms with Crippen LogP contribution in [-0.4, -0.2) is 14.8 Å². The van der Waals surface area contributed by atoms with Gasteiger partial charge in [0, 0.05) is 17.4 Å². The summed E-state index contributed by atoms with van der Waals surface area (Å²) in [6.07, 6.45) is 1.88. The Labute approximate surface area is 117 Å². The molecule has 0 amide bonds. The topological polar surface area (TPSA) is 69.9 Å². The molecule has 2 aromatic heterocycles. The summed E-state index contributed by atoms with van der Waals surface area (Å²) in [4.78, 5) is 4.48. The van der Waals surface area contributed by atoms with Crippen LogP contribution in [0.5, 0.6) is 0 Å². The van der Waals surface area contributed by atoms with Crippen molar-refractivity contribution in [3.8, 4) is 0 Å². The van der Waals surface area contributed by atoms with Gasteiger partial charge in [-0.1, -0.05) is 13.8 Å². The highest BCUT2D eigenvalue weighted by atomic mass is 16.3. The highest BCUT2D eigenvalue weighted by Crippen LogP contribution is 2.19. The predicted molar refractivity (Wildman–Crippen MR) is 78.5 cm³/mol. The Bertz CT molecular complexity index is 741. The Balaban J connectivity index is 1.94. The number of nitrogens with two attached hydrogens (primary N) is 1. The molecule has 0 aliphatic rings. The first-order valence-electron chi connectivity index (χ1n) is 6.90. The summed E-state index contributed by atoms with van der Waals surface area (Å²) in [5, 5.41) is 4.57. The van der Waals surface area contributed by atoms with Crippen molar-refractivity contribution in [1.29, 1.82) is 0 Å². The van der Waals surface area contributed by atoms with Crippen molar-refractivity contribution >= 4 is 16.8 Å². The lowest BCUT2D eigenvalue weighted by atomic mass is 10.3. The van der Waals surface area contributed by atoms with Gasteiger partial charge in [0.2, 0.25) is 5.89 Å². The Morgan fingerprint density at radius 1 is 1.20 bits per heavy atom. The SMILES string of the molecule is CCc1cc(CC)n(Cc2nc3ccc(N)cc3o2)n1. The molecule has 2 N–H and O–H groups in total. The minimum absolute atomic E-state index is 0.553. The number of aromatic nitrogens is 3. The van der Waals surface area contributed by atoms with E-state index in [4.69, 9.17) is 10.2 Å². The molecule has 0 aliphatic carbocycles. The second-order valence-electron chi connectivity index (χ2n) is 4.83. The molecular weight excluding hydrogens is 252 g/mol. The normalized spacial score (nSPS) is 11.3. The molecule has 0 fully saturated rings. The van der Waals surface area contributed by atoms with Gasteiger partial charge in [0.05, 0.1) is 5.69 Å². The third-order valence-corrected chi connectivity index (χ3v) is 3.38. The maximum absolute atomic E-state index is 5.75. The van der Waals surface area contributed by atoms with Crippen LogP contribution in [-0.2, 0) is 19.4 Å². The van der Waals surface area contributed by atoms with E-state index in [1.165, 1.54) is 5.69 Å². The molecule has 5 nitrogen and oxygen atoms in total. The summed E-state index contributed by atoms with van der Waals surface area (Å²) >= 11 is 0. The molecule has 0 unspecified atom stereocenters. The zero-order chi connectivity index (χ0) is 14.1. The van der Waals surface area contributed by atoms with Gasteiger partial charge in [0.1, 0.15) is 12.1 Å². The number of nitrogen functional groups attached to an aromatic ring is 1. The van der Waals surface area contributed by atoms with Gasteiger partial charge in [-0.25, -0.2) is 4.98 Å². The molecule has 0 saturated heterocycles. The third kappa shape index (κ3) is 2.27. The van der Waals surface area contributed by atoms with Crippen LogP contribution >= 0.6 is 0 Å². The predicted octanol–water partition coefficient (Wildman–Crippen LogP) is 2.78. The molecule has 104 valence electrons. The lowest BCUT2D eigenvalue weighted by molar-refractivity contribution is 0.483. The van der Waals surface area contributed by atoms with Crippen LogP contribution in [0, 0.1) is 0 Å². The van der Waals surface area contributed by atoms with Crippen LogP contribution in [0.1, 0.15) is 31.1 Å². The monoisotopic (exact) mass is 270 g/mol. The van der Waals surface area contributed by atoms with E-state index in [1.54, 1.807) is 6.07 Å². The summed E-state index contributed by atoms with van der Waals surface area (Å²) in [7, 11) is 0. The molecule has 0 radical (unpaired) electrons. The lowest BCUT2D eigenvalue weighted by Crippen LogP contribution is -2.06. The second kappa shape index (κ2) is 5.00. The van der Waals surface area contributed by atoms with Gasteiger partial charge in [0.15, 0.2) is 5.58 Å². The van der Waals surface area contributed by atoms with E-state index < -0.39 is 0 Å². The third-order valence-electron chi connectivity index (χ3n) is 3.38. The van der Waals surface area contributed by atoms with Crippen molar-refractivity contribution in [3.05, 3.63) is 41.5 Å². The van der Waals surface area contributed by atoms with E-state index >= 15 is 0 Å². The molecular formula is C15H18N4O. The molecule has 5 heteroatoms. The summed E-state index contributed by atoms with van der Waals surface area (Å²) < 4.78 is 7.71. The van der Waals surface area contributed by atoms with Crippen molar-refractivity contribution in [2.24, 2.45) is 0 Å². The lowest BCUT2D eigenvalue weighted by Gasteiger charge is -2.01. The number of rotatable bonds is 4. The van der Waals surface area contributed by atoms with Crippen LogP contribution < -0.4 is 5.73 Å². The van der Waals surface area contributed by atoms with Crippen molar-refractivity contribution in [3.63, 3.8) is 0 Å². The van der Waals surface area contributed by atoms with Crippen molar-refractivity contribution in [2.45, 2.75) is 33.2 Å². The quantitative estimate of drug-likeness (QED) is 0.740. The van der Waals surface area contributed by atoms with E-state index in [0.717, 1.165) is 29.6 Å². The first-order valence-corrected chi connectivity index (χ1v) is 6.90. The van der Waals surface area contributed by atoms with Crippen LogP contribution in [0.2, 0.25) is 0 Å². The fourth-order valence-corrected chi connectivity index (χ4v) is 2.29. The Kier molecular flexibility index (Phi) is 3.18. The molecule has 0 spiro atoms. The molecule has 2 heterocycles. The number of benzene rings is 1. The number of hydrogen-bond acceptors (Lipinski definition) is 4. The first kappa shape index (κ1) is 12.7. The van der Waals surface area contributed by atoms with Crippen molar-refractivity contribution in [2.75, 3.05) is 5.73 Å². The zero-order valence-electron chi connectivity index (χ0n) is 11.8. The Morgan fingerprint density at radius 3 is 2.80 bits per heavy atom. The standard InChI is InChI=1S/C15H18N4O/c1-3-11-8-12(4-2)19(18-11)9-15-17-13-6-5-10(16)7-14(13)20-15/h5-8H,3-4,9,16H2,1-2H3. The Morgan fingerprint density at radius 2 is 2.05 bits per heavy atom. The average molecular weight is 270 g/mol. The summed E-state index contributed by atoms with van der Waals surface area (Å²) in [6.45, 7) is 4.78. The molecule has 20 heavy (non-hydrogen) atoms. The van der Waals surface area contributed by atoms with Crippen LogP contribution in [0.3, 0.4) is 0 Å². The average Bonchev–Trinajstić information content (AvgIpc) is 3.01. The number of nitrogens with zero attached hydrogens (tertiary/aromatic N) is 3. The van der Waals surface area contributed by atoms with Gasteiger partial charge in [-0.15, -0.1) is 0 Å². The zero-order valence-corrected chi connectivity index (χ0v) is 11.8. The van der Waals surface area contributed by atoms with Gasteiger partial charge in [-0.2, -0.15) is 5.10 Å². The summed E-state index contributed by atoms with van der Waals surface area (Å²) in [6, 6.07) is 7.64. The van der Waals surface area contributed by atoms with Crippen LogP contribution in [0.25, 0.3) is 11.1 Å². The maximum Gasteiger partial charge on any atom is 0.217 e. The minimum atomic E-state index is 0.553. The highest BCUT2D eigenvalue weighted by molar-refractivity contribution is 5.76. The van der Waals surface area contributed by atoms with E-state index in [0.29, 0.717) is 18.1 Å². The van der Waals surface area contributed by atoms with Gasteiger partial charge in [-0.05, 0) is 31.0 Å². The molecule has 3 rings (SSSR count). The Hall–Kier alpha value is -2.30. The van der Waals surface area contributed by atoms with Gasteiger partial charge < -0.3 is 10.2 Å². The largest absolute Gasteiger partial charge is 0.439 e. The molecule has 0 aliphatic heterocycles.